The van der Waals surface area contributed by atoms with Crippen LogP contribution in [0.3, 0.4) is 0 Å². The highest BCUT2D eigenvalue weighted by Crippen LogP contribution is 2.26. The van der Waals surface area contributed by atoms with Gasteiger partial charge in [0.15, 0.2) is 0 Å². The molecule has 0 amide bonds. The maximum atomic E-state index is 13.3. The van der Waals surface area contributed by atoms with Crippen molar-refractivity contribution < 1.29 is 8.81 Å². The number of hydrogen-bond donors (Lipinski definition) is 1. The van der Waals surface area contributed by atoms with Gasteiger partial charge in [-0.1, -0.05) is 5.10 Å². The lowest BCUT2D eigenvalue weighted by molar-refractivity contribution is 0.516. The molecule has 1 aromatic carbocycles. The van der Waals surface area contributed by atoms with Gasteiger partial charge in [-0.3, -0.25) is 0 Å². The normalized spacial score (nSPS) is 10.7. The Balaban J connectivity index is 2.20. The molecule has 2 aromatic rings. The molecule has 0 radical (unpaired) electrons. The van der Waals surface area contributed by atoms with Crippen LogP contribution in [0, 0.1) is 12.7 Å². The SMILES string of the molecule is Cc1cc(F)c(Br)cc1Nc1nnc(CCCl)o1. The maximum absolute atomic E-state index is 13.3. The molecule has 0 aliphatic rings. The minimum Gasteiger partial charge on any atom is -0.408 e. The Kier molecular flexibility index (Phi) is 4.19. The van der Waals surface area contributed by atoms with Crippen LogP contribution in [0.5, 0.6) is 0 Å². The zero-order chi connectivity index (χ0) is 13.1. The van der Waals surface area contributed by atoms with E-state index < -0.39 is 0 Å². The van der Waals surface area contributed by atoms with Crippen LogP contribution in [-0.4, -0.2) is 16.1 Å². The van der Waals surface area contributed by atoms with Gasteiger partial charge in [-0.25, -0.2) is 4.39 Å². The second kappa shape index (κ2) is 5.67. The van der Waals surface area contributed by atoms with Crippen molar-refractivity contribution in [1.82, 2.24) is 10.2 Å². The Hall–Kier alpha value is -1.14. The predicted octanol–water partition coefficient (Wildman–Crippen LogP) is 3.80. The maximum Gasteiger partial charge on any atom is 0.320 e. The first-order chi connectivity index (χ1) is 8.60. The molecule has 1 aromatic heterocycles. The average Bonchev–Trinajstić information content (AvgIpc) is 2.74. The fourth-order valence-electron chi connectivity index (χ4n) is 1.38. The van der Waals surface area contributed by atoms with E-state index in [0.717, 1.165) is 5.56 Å². The molecule has 7 heteroatoms. The molecule has 0 saturated heterocycles. The number of halogens is 3. The summed E-state index contributed by atoms with van der Waals surface area (Å²) in [5, 5.41) is 10.6. The minimum atomic E-state index is -0.314. The molecular formula is C11H10BrClFN3O. The van der Waals surface area contributed by atoms with Gasteiger partial charge >= 0.3 is 6.01 Å². The van der Waals surface area contributed by atoms with Crippen LogP contribution in [0.4, 0.5) is 16.1 Å². The highest BCUT2D eigenvalue weighted by atomic mass is 79.9. The molecule has 0 saturated carbocycles. The van der Waals surface area contributed by atoms with Crippen molar-refractivity contribution in [3.63, 3.8) is 0 Å². The number of rotatable bonds is 4. The van der Waals surface area contributed by atoms with Crippen LogP contribution in [0.15, 0.2) is 21.0 Å². The summed E-state index contributed by atoms with van der Waals surface area (Å²) in [5.41, 5.74) is 1.44. The van der Waals surface area contributed by atoms with E-state index in [9.17, 15) is 4.39 Å². The average molecular weight is 335 g/mol. The fraction of sp³-hybridized carbons (Fsp3) is 0.273. The Morgan fingerprint density at radius 1 is 1.44 bits per heavy atom. The topological polar surface area (TPSA) is 51.0 Å². The largest absolute Gasteiger partial charge is 0.408 e. The first-order valence-corrected chi connectivity index (χ1v) is 6.54. The van der Waals surface area contributed by atoms with Crippen molar-refractivity contribution in [2.75, 3.05) is 11.2 Å². The molecule has 0 spiro atoms. The highest BCUT2D eigenvalue weighted by Gasteiger charge is 2.09. The standard InChI is InChI=1S/C11H10BrClFN3O/c1-6-4-8(14)7(12)5-9(6)15-11-17-16-10(18-11)2-3-13/h4-5H,2-3H2,1H3,(H,15,17). The number of hydrogen-bond acceptors (Lipinski definition) is 4. The van der Waals surface area contributed by atoms with Crippen molar-refractivity contribution in [3.05, 3.63) is 33.9 Å². The number of alkyl halides is 1. The van der Waals surface area contributed by atoms with Gasteiger partial charge in [-0.05, 0) is 40.5 Å². The number of nitrogens with zero attached hydrogens (tertiary/aromatic N) is 2. The Bertz CT molecular complexity index is 561. The van der Waals surface area contributed by atoms with Gasteiger partial charge in [0.05, 0.1) is 4.47 Å². The third-order valence-electron chi connectivity index (χ3n) is 2.28. The quantitative estimate of drug-likeness (QED) is 0.864. The van der Waals surface area contributed by atoms with E-state index in [1.165, 1.54) is 6.07 Å². The third-order valence-corrected chi connectivity index (χ3v) is 3.08. The molecule has 1 heterocycles. The predicted molar refractivity (Wildman–Crippen MR) is 70.8 cm³/mol. The molecule has 0 atom stereocenters. The molecule has 1 N–H and O–H groups in total. The molecule has 0 unspecified atom stereocenters. The Labute approximate surface area is 117 Å². The van der Waals surface area contributed by atoms with Crippen molar-refractivity contribution in [3.8, 4) is 0 Å². The van der Waals surface area contributed by atoms with Crippen molar-refractivity contribution >= 4 is 39.2 Å². The number of aromatic nitrogens is 2. The Morgan fingerprint density at radius 3 is 2.94 bits per heavy atom. The molecule has 96 valence electrons. The summed E-state index contributed by atoms with van der Waals surface area (Å²) in [6, 6.07) is 3.30. The van der Waals surface area contributed by atoms with E-state index in [1.807, 2.05) is 0 Å². The van der Waals surface area contributed by atoms with Crippen LogP contribution >= 0.6 is 27.5 Å². The molecule has 0 fully saturated rings. The number of aryl methyl sites for hydroxylation is 2. The molecule has 2 rings (SSSR count). The van der Waals surface area contributed by atoms with Crippen LogP contribution in [-0.2, 0) is 6.42 Å². The lowest BCUT2D eigenvalue weighted by Gasteiger charge is -2.06. The van der Waals surface area contributed by atoms with Crippen LogP contribution < -0.4 is 5.32 Å². The zero-order valence-electron chi connectivity index (χ0n) is 9.51. The number of benzene rings is 1. The van der Waals surface area contributed by atoms with Gasteiger partial charge in [0.1, 0.15) is 5.82 Å². The van der Waals surface area contributed by atoms with E-state index in [1.54, 1.807) is 13.0 Å². The first kappa shape index (κ1) is 13.3. The fourth-order valence-corrected chi connectivity index (χ4v) is 1.89. The zero-order valence-corrected chi connectivity index (χ0v) is 11.8. The van der Waals surface area contributed by atoms with Gasteiger partial charge in [0.25, 0.3) is 0 Å². The summed E-state index contributed by atoms with van der Waals surface area (Å²) >= 11 is 8.70. The lowest BCUT2D eigenvalue weighted by Crippen LogP contribution is -1.95. The van der Waals surface area contributed by atoms with Gasteiger partial charge in [0, 0.05) is 18.0 Å². The summed E-state index contributed by atoms with van der Waals surface area (Å²) in [5.74, 6) is 0.570. The van der Waals surface area contributed by atoms with E-state index >= 15 is 0 Å². The third kappa shape index (κ3) is 3.00. The summed E-state index contributed by atoms with van der Waals surface area (Å²) in [4.78, 5) is 0. The molecule has 0 aliphatic carbocycles. The Morgan fingerprint density at radius 2 is 2.22 bits per heavy atom. The second-order valence-corrected chi connectivity index (χ2v) is 4.88. The summed E-state index contributed by atoms with van der Waals surface area (Å²) < 4.78 is 19.0. The van der Waals surface area contributed by atoms with Crippen molar-refractivity contribution in [1.29, 1.82) is 0 Å². The van der Waals surface area contributed by atoms with Crippen LogP contribution in [0.2, 0.25) is 0 Å². The smallest absolute Gasteiger partial charge is 0.320 e. The summed E-state index contributed by atoms with van der Waals surface area (Å²) in [7, 11) is 0. The molecule has 0 aliphatic heterocycles. The van der Waals surface area contributed by atoms with E-state index in [0.29, 0.717) is 28.4 Å². The number of anilines is 2. The van der Waals surface area contributed by atoms with E-state index in [2.05, 4.69) is 31.4 Å². The molecule has 18 heavy (non-hydrogen) atoms. The molecule has 0 bridgehead atoms. The minimum absolute atomic E-state index is 0.261. The van der Waals surface area contributed by atoms with Crippen molar-refractivity contribution in [2.24, 2.45) is 0 Å². The summed E-state index contributed by atoms with van der Waals surface area (Å²) in [6.07, 6.45) is 0.516. The van der Waals surface area contributed by atoms with Gasteiger partial charge in [0.2, 0.25) is 5.89 Å². The highest BCUT2D eigenvalue weighted by molar-refractivity contribution is 9.10. The lowest BCUT2D eigenvalue weighted by atomic mass is 10.2. The van der Waals surface area contributed by atoms with E-state index in [-0.39, 0.29) is 11.8 Å². The number of nitrogens with one attached hydrogen (secondary N) is 1. The van der Waals surface area contributed by atoms with Gasteiger partial charge < -0.3 is 9.73 Å². The van der Waals surface area contributed by atoms with Crippen LogP contribution in [0.1, 0.15) is 11.5 Å². The van der Waals surface area contributed by atoms with Crippen LogP contribution in [0.25, 0.3) is 0 Å². The van der Waals surface area contributed by atoms with Gasteiger partial charge in [-0.15, -0.1) is 16.7 Å². The first-order valence-electron chi connectivity index (χ1n) is 5.21. The van der Waals surface area contributed by atoms with Crippen molar-refractivity contribution in [2.45, 2.75) is 13.3 Å². The second-order valence-electron chi connectivity index (χ2n) is 3.65. The monoisotopic (exact) mass is 333 g/mol. The van der Waals surface area contributed by atoms with Gasteiger partial charge in [-0.2, -0.15) is 0 Å². The molecule has 4 nitrogen and oxygen atoms in total. The molecular weight excluding hydrogens is 324 g/mol. The van der Waals surface area contributed by atoms with E-state index in [4.69, 9.17) is 16.0 Å². The summed E-state index contributed by atoms with van der Waals surface area (Å²) in [6.45, 7) is 1.79.